The molecule has 0 bridgehead atoms. The molecule has 8 aromatic carbocycles. The topological polar surface area (TPSA) is 70.1 Å². The number of aromatic amines is 2. The Balaban J connectivity index is 0.000000212. The molecule has 0 saturated carbocycles. The maximum atomic E-state index is 10.5. The summed E-state index contributed by atoms with van der Waals surface area (Å²) in [7, 11) is 0.836. The summed E-state index contributed by atoms with van der Waals surface area (Å²) in [6.07, 6.45) is 0. The van der Waals surface area contributed by atoms with Crippen molar-refractivity contribution < 1.29 is 49.0 Å². The normalized spacial score (nSPS) is 9.56. The number of fused-ring (bicyclic) bond motifs is 1. The summed E-state index contributed by atoms with van der Waals surface area (Å²) >= 11 is 13.7. The van der Waals surface area contributed by atoms with Crippen molar-refractivity contribution in [3.05, 3.63) is 248 Å². The smallest absolute Gasteiger partial charge is 0.864 e. The second kappa shape index (κ2) is 29.4. The molecule has 0 atom stereocenters. The summed E-state index contributed by atoms with van der Waals surface area (Å²) in [5.41, 5.74) is 3.31. The first-order valence-electron chi connectivity index (χ1n) is 18.8. The van der Waals surface area contributed by atoms with Crippen molar-refractivity contribution in [1.29, 1.82) is 0 Å². The van der Waals surface area contributed by atoms with Gasteiger partial charge in [0.1, 0.15) is 5.16 Å². The molecule has 1 radical (unpaired) electrons. The second-order valence-corrected chi connectivity index (χ2v) is 17.2. The zero-order valence-electron chi connectivity index (χ0n) is 33.1. The Hall–Kier alpha value is -4.87. The third kappa shape index (κ3) is 18.2. The molecule has 0 aliphatic rings. The summed E-state index contributed by atoms with van der Waals surface area (Å²) in [4.78, 5) is 16.5. The fraction of sp³-hybridized carbons (Fsp3) is 0. The van der Waals surface area contributed by atoms with E-state index in [0.29, 0.717) is 16.3 Å². The number of rotatable bonds is 7. The SMILES string of the molecule is O=C([S-])c1ccccc1.[Cu+2].[Cu+].[O-]C(=S)c1ccccc1.[S-]c1[nH]c2ccccc2[nH+]1.c1ccc(P(c2ccccc2)c2ccccc2)cc1.c1ccc([P-]c2ccccc2)cc1. The van der Waals surface area contributed by atoms with E-state index in [1.807, 2.05) is 48.5 Å². The predicted octanol–water partition coefficient (Wildman–Crippen LogP) is 9.01. The third-order valence-electron chi connectivity index (χ3n) is 8.26. The van der Waals surface area contributed by atoms with Gasteiger partial charge in [-0.3, -0.25) is 9.97 Å². The Morgan fingerprint density at radius 2 is 0.839 bits per heavy atom. The van der Waals surface area contributed by atoms with Gasteiger partial charge in [-0.25, -0.2) is 10.6 Å². The maximum absolute atomic E-state index is 10.5. The van der Waals surface area contributed by atoms with Gasteiger partial charge in [0.15, 0.2) is 11.0 Å². The van der Waals surface area contributed by atoms with Crippen LogP contribution in [0.25, 0.3) is 11.0 Å². The molecule has 4 nitrogen and oxygen atoms in total. The quantitative estimate of drug-likeness (QED) is 0.0748. The largest absolute Gasteiger partial charge is 2.00 e. The van der Waals surface area contributed by atoms with Gasteiger partial charge in [-0.1, -0.05) is 237 Å². The molecule has 9 aromatic rings. The van der Waals surface area contributed by atoms with Crippen LogP contribution in [0.2, 0.25) is 0 Å². The third-order valence-corrected chi connectivity index (χ3v) is 12.5. The van der Waals surface area contributed by atoms with Crippen LogP contribution >= 0.6 is 28.7 Å². The van der Waals surface area contributed by atoms with E-state index in [1.165, 1.54) is 35.1 Å². The van der Waals surface area contributed by atoms with Gasteiger partial charge < -0.3 is 43.7 Å². The van der Waals surface area contributed by atoms with Crippen LogP contribution in [0.4, 0.5) is 0 Å². The maximum Gasteiger partial charge on any atom is 2.00 e. The van der Waals surface area contributed by atoms with Crippen LogP contribution in [0.15, 0.2) is 242 Å². The van der Waals surface area contributed by atoms with Crippen molar-refractivity contribution in [2.24, 2.45) is 0 Å². The van der Waals surface area contributed by atoms with E-state index in [0.717, 1.165) is 11.0 Å². The van der Waals surface area contributed by atoms with Crippen molar-refractivity contribution in [3.63, 3.8) is 0 Å². The number of imidazole rings is 1. The molecule has 0 aliphatic heterocycles. The molecular formula is C51H41Cu2N2O2P2S3. The number of H-pyrrole nitrogens is 2. The van der Waals surface area contributed by atoms with Crippen LogP contribution in [0.3, 0.4) is 0 Å². The van der Waals surface area contributed by atoms with Gasteiger partial charge in [0.2, 0.25) is 0 Å². The van der Waals surface area contributed by atoms with Crippen LogP contribution in [-0.2, 0) is 59.4 Å². The minimum Gasteiger partial charge on any atom is -0.864 e. The molecule has 0 saturated heterocycles. The number of hydrogen-bond donors (Lipinski definition) is 1. The zero-order valence-corrected chi connectivity index (χ0v) is 39.2. The van der Waals surface area contributed by atoms with Gasteiger partial charge in [0, 0.05) is 5.12 Å². The zero-order chi connectivity index (χ0) is 42.2. The molecule has 317 valence electrons. The number of aromatic nitrogens is 2. The first-order chi connectivity index (χ1) is 29.4. The number of carbonyl (C=O) groups is 1. The fourth-order valence-corrected chi connectivity index (χ4v) is 9.20. The first kappa shape index (κ1) is 51.5. The second-order valence-electron chi connectivity index (χ2n) is 12.6. The minimum atomic E-state index is -0.446. The monoisotopic (exact) mass is 997 g/mol. The Morgan fingerprint density at radius 3 is 1.16 bits per heavy atom. The molecule has 0 aliphatic carbocycles. The average Bonchev–Trinajstić information content (AvgIpc) is 3.70. The van der Waals surface area contributed by atoms with Crippen molar-refractivity contribution in [2.75, 3.05) is 0 Å². The minimum absolute atomic E-state index is 0. The molecule has 62 heavy (non-hydrogen) atoms. The van der Waals surface area contributed by atoms with E-state index in [1.54, 1.807) is 48.5 Å². The number of thiocarbonyl (C=S) groups is 1. The van der Waals surface area contributed by atoms with Gasteiger partial charge in [-0.05, 0) is 52.1 Å². The Labute approximate surface area is 405 Å². The van der Waals surface area contributed by atoms with Crippen LogP contribution in [-0.4, -0.2) is 15.1 Å². The molecule has 9 rings (SSSR count). The Kier molecular flexibility index (Phi) is 24.4. The van der Waals surface area contributed by atoms with E-state index in [9.17, 15) is 9.90 Å². The molecule has 1 aromatic heterocycles. The van der Waals surface area contributed by atoms with E-state index < -0.39 is 7.92 Å². The first-order valence-corrected chi connectivity index (χ1v) is 22.3. The summed E-state index contributed by atoms with van der Waals surface area (Å²) in [6, 6.07) is 78.9. The standard InChI is InChI=1S/C18H15P.C12H10P.C7H6N2S.2C7H6OS.2Cu/c1-4-10-16(11-5-1)19(17-12-6-2-7-13-17)18-14-8-3-9-15-18;1-3-7-11(8-4-1)13-12-9-5-2-6-10-12;10-7-8-5-3-1-2-4-6(5)9-7;2*8-7(9)6-4-2-1-3-5-6;;/h1-15H;1-10H;1-4H,(H2,8,9,10);2*1-5H,(H,8,9);;/q;-1;;;;+1;+2/p-2. The predicted molar refractivity (Wildman–Crippen MR) is 261 cm³/mol. The van der Waals surface area contributed by atoms with Gasteiger partial charge in [-0.2, -0.15) is 0 Å². The van der Waals surface area contributed by atoms with E-state index >= 15 is 0 Å². The van der Waals surface area contributed by atoms with Crippen molar-refractivity contribution in [2.45, 2.75) is 5.16 Å². The van der Waals surface area contributed by atoms with Gasteiger partial charge in [-0.15, -0.1) is 0 Å². The van der Waals surface area contributed by atoms with Crippen molar-refractivity contribution >= 4 is 102 Å². The van der Waals surface area contributed by atoms with Crippen LogP contribution < -0.4 is 36.6 Å². The number of benzene rings is 8. The molecule has 0 unspecified atom stereocenters. The van der Waals surface area contributed by atoms with Crippen LogP contribution in [0.5, 0.6) is 0 Å². The van der Waals surface area contributed by atoms with Crippen molar-refractivity contribution in [3.8, 4) is 0 Å². The van der Waals surface area contributed by atoms with E-state index in [4.69, 9.17) is 12.6 Å². The molecular weight excluding hydrogens is 958 g/mol. The number of carbonyl (C=O) groups excluding carboxylic acids is 1. The van der Waals surface area contributed by atoms with Crippen molar-refractivity contribution in [1.82, 2.24) is 4.98 Å². The Morgan fingerprint density at radius 1 is 0.516 bits per heavy atom. The number of nitrogens with one attached hydrogen (secondary N) is 2. The summed E-state index contributed by atoms with van der Waals surface area (Å²) in [5, 5.41) is 17.4. The molecule has 2 N–H and O–H groups in total. The summed E-state index contributed by atoms with van der Waals surface area (Å²) in [5.74, 6) is 0. The number of para-hydroxylation sites is 2. The fourth-order valence-electron chi connectivity index (χ4n) is 5.46. The Bertz CT molecular complexity index is 2370. The van der Waals surface area contributed by atoms with Crippen LogP contribution in [0, 0.1) is 0 Å². The average molecular weight is 999 g/mol. The molecule has 0 amide bonds. The molecule has 1 heterocycles. The van der Waals surface area contributed by atoms with Gasteiger partial charge >= 0.3 is 34.1 Å². The van der Waals surface area contributed by atoms with Gasteiger partial charge in [0.25, 0.3) is 0 Å². The van der Waals surface area contributed by atoms with Gasteiger partial charge in [0.05, 0.1) is 0 Å². The van der Waals surface area contributed by atoms with E-state index in [-0.39, 0.29) is 44.3 Å². The van der Waals surface area contributed by atoms with Crippen LogP contribution in [0.1, 0.15) is 15.9 Å². The summed E-state index contributed by atoms with van der Waals surface area (Å²) in [6.45, 7) is 0. The van der Waals surface area contributed by atoms with E-state index in [2.05, 4.69) is 174 Å². The molecule has 0 fully saturated rings. The molecule has 11 heteroatoms. The summed E-state index contributed by atoms with van der Waals surface area (Å²) < 4.78 is 0. The molecule has 0 spiro atoms. The number of hydrogen-bond acceptors (Lipinski definition) is 5.